The van der Waals surface area contributed by atoms with E-state index in [4.69, 9.17) is 21.1 Å². The van der Waals surface area contributed by atoms with Crippen molar-refractivity contribution in [2.75, 3.05) is 13.2 Å². The summed E-state index contributed by atoms with van der Waals surface area (Å²) in [7, 11) is 0. The number of benzene rings is 1. The van der Waals surface area contributed by atoms with Crippen LogP contribution in [0.5, 0.6) is 11.5 Å². The smallest absolute Gasteiger partial charge is 0.261 e. The average molecular weight is 350 g/mol. The van der Waals surface area contributed by atoms with Crippen molar-refractivity contribution in [2.45, 2.75) is 25.8 Å². The molecule has 2 aliphatic rings. The number of carbonyl (C=O) groups is 1. The number of amides is 1. The minimum absolute atomic E-state index is 0.0320. The quantitative estimate of drug-likeness (QED) is 0.921. The van der Waals surface area contributed by atoms with E-state index in [0.717, 1.165) is 23.3 Å². The van der Waals surface area contributed by atoms with Crippen LogP contribution in [0.25, 0.3) is 0 Å². The number of nitrogens with one attached hydrogen (secondary N) is 1. The van der Waals surface area contributed by atoms with Gasteiger partial charge in [0.05, 0.1) is 9.90 Å². The molecule has 23 heavy (non-hydrogen) atoms. The van der Waals surface area contributed by atoms with E-state index in [1.165, 1.54) is 16.9 Å². The van der Waals surface area contributed by atoms with Crippen LogP contribution < -0.4 is 14.8 Å². The Labute approximate surface area is 143 Å². The molecule has 1 amide bonds. The summed E-state index contributed by atoms with van der Waals surface area (Å²) in [4.78, 5) is 14.5. The number of hydrogen-bond donors (Lipinski definition) is 1. The predicted molar refractivity (Wildman–Crippen MR) is 90.0 cm³/mol. The molecule has 0 radical (unpaired) electrons. The molecule has 1 aliphatic heterocycles. The SMILES string of the molecule is O=C(NCc1cc(Cl)c2c(c1)OCCO2)c1cc2c(s1)CCC2. The molecule has 6 heteroatoms. The fourth-order valence-electron chi connectivity index (χ4n) is 2.98. The second kappa shape index (κ2) is 6.06. The molecule has 120 valence electrons. The van der Waals surface area contributed by atoms with Crippen molar-refractivity contribution in [1.29, 1.82) is 0 Å². The monoisotopic (exact) mass is 349 g/mol. The normalized spacial score (nSPS) is 15.3. The minimum atomic E-state index is -0.0320. The van der Waals surface area contributed by atoms with Crippen LogP contribution in [0.4, 0.5) is 0 Å². The Morgan fingerprint density at radius 3 is 2.96 bits per heavy atom. The van der Waals surface area contributed by atoms with Gasteiger partial charge in [0.25, 0.3) is 5.91 Å². The predicted octanol–water partition coefficient (Wildman–Crippen LogP) is 3.59. The first-order valence-electron chi connectivity index (χ1n) is 7.68. The molecular formula is C17H16ClNO3S. The maximum absolute atomic E-state index is 12.3. The van der Waals surface area contributed by atoms with Crippen LogP contribution in [0.1, 0.15) is 32.1 Å². The van der Waals surface area contributed by atoms with E-state index in [2.05, 4.69) is 5.32 Å². The maximum Gasteiger partial charge on any atom is 0.261 e. The zero-order valence-electron chi connectivity index (χ0n) is 12.5. The molecule has 1 aliphatic carbocycles. The number of aryl methyl sites for hydroxylation is 2. The summed E-state index contributed by atoms with van der Waals surface area (Å²) < 4.78 is 11.1. The van der Waals surface area contributed by atoms with Gasteiger partial charge in [-0.1, -0.05) is 11.6 Å². The van der Waals surface area contributed by atoms with Crippen LogP contribution in [-0.2, 0) is 19.4 Å². The number of halogens is 1. The molecule has 0 spiro atoms. The number of thiophene rings is 1. The van der Waals surface area contributed by atoms with E-state index in [1.54, 1.807) is 11.3 Å². The van der Waals surface area contributed by atoms with E-state index in [0.29, 0.717) is 36.3 Å². The molecule has 1 N–H and O–H groups in total. The summed E-state index contributed by atoms with van der Waals surface area (Å²) in [6.07, 6.45) is 3.40. The average Bonchev–Trinajstić information content (AvgIpc) is 3.14. The molecular weight excluding hydrogens is 334 g/mol. The maximum atomic E-state index is 12.3. The molecule has 0 unspecified atom stereocenters. The number of rotatable bonds is 3. The van der Waals surface area contributed by atoms with Crippen molar-refractivity contribution in [1.82, 2.24) is 5.32 Å². The first kappa shape index (κ1) is 14.8. The molecule has 0 atom stereocenters. The van der Waals surface area contributed by atoms with Crippen molar-refractivity contribution in [3.63, 3.8) is 0 Å². The van der Waals surface area contributed by atoms with Gasteiger partial charge in [-0.25, -0.2) is 0 Å². The van der Waals surface area contributed by atoms with E-state index < -0.39 is 0 Å². The summed E-state index contributed by atoms with van der Waals surface area (Å²) in [5.41, 5.74) is 2.24. The number of carbonyl (C=O) groups excluding carboxylic acids is 1. The second-order valence-corrected chi connectivity index (χ2v) is 7.24. The van der Waals surface area contributed by atoms with Gasteiger partial charge in [0, 0.05) is 11.4 Å². The number of ether oxygens (including phenoxy) is 2. The standard InChI is InChI=1S/C17H16ClNO3S/c18-12-6-10(7-13-16(12)22-5-4-21-13)9-19-17(20)15-8-11-2-1-3-14(11)23-15/h6-8H,1-5,9H2,(H,19,20). The Morgan fingerprint density at radius 2 is 2.09 bits per heavy atom. The van der Waals surface area contributed by atoms with Crippen molar-refractivity contribution in [3.05, 3.63) is 44.1 Å². The van der Waals surface area contributed by atoms with Crippen LogP contribution in [0.15, 0.2) is 18.2 Å². The van der Waals surface area contributed by atoms with Gasteiger partial charge in [-0.2, -0.15) is 0 Å². The fourth-order valence-corrected chi connectivity index (χ4v) is 4.43. The van der Waals surface area contributed by atoms with Crippen molar-refractivity contribution < 1.29 is 14.3 Å². The van der Waals surface area contributed by atoms with E-state index in [9.17, 15) is 4.79 Å². The number of hydrogen-bond acceptors (Lipinski definition) is 4. The van der Waals surface area contributed by atoms with Gasteiger partial charge in [0.15, 0.2) is 11.5 Å². The van der Waals surface area contributed by atoms with Gasteiger partial charge in [-0.3, -0.25) is 4.79 Å². The van der Waals surface area contributed by atoms with Crippen molar-refractivity contribution in [2.24, 2.45) is 0 Å². The summed E-state index contributed by atoms with van der Waals surface area (Å²) in [5, 5.41) is 3.47. The van der Waals surface area contributed by atoms with Gasteiger partial charge in [-0.05, 0) is 48.6 Å². The van der Waals surface area contributed by atoms with Crippen LogP contribution in [0.2, 0.25) is 5.02 Å². The fraction of sp³-hybridized carbons (Fsp3) is 0.353. The molecule has 1 aromatic heterocycles. The van der Waals surface area contributed by atoms with E-state index >= 15 is 0 Å². The lowest BCUT2D eigenvalue weighted by Crippen LogP contribution is -2.22. The molecule has 0 bridgehead atoms. The Balaban J connectivity index is 1.46. The van der Waals surface area contributed by atoms with Crippen LogP contribution in [0, 0.1) is 0 Å². The lowest BCUT2D eigenvalue weighted by molar-refractivity contribution is 0.0955. The second-order valence-electron chi connectivity index (χ2n) is 5.70. The molecule has 4 rings (SSSR count). The summed E-state index contributed by atoms with van der Waals surface area (Å²) in [5.74, 6) is 1.20. The molecule has 0 saturated heterocycles. The first-order valence-corrected chi connectivity index (χ1v) is 8.88. The van der Waals surface area contributed by atoms with Gasteiger partial charge in [0.1, 0.15) is 13.2 Å². The third-order valence-corrected chi connectivity index (χ3v) is 5.60. The lowest BCUT2D eigenvalue weighted by Gasteiger charge is -2.20. The highest BCUT2D eigenvalue weighted by atomic mass is 35.5. The molecule has 4 nitrogen and oxygen atoms in total. The Morgan fingerprint density at radius 1 is 1.22 bits per heavy atom. The Bertz CT molecular complexity index is 750. The minimum Gasteiger partial charge on any atom is -0.486 e. The molecule has 2 heterocycles. The van der Waals surface area contributed by atoms with Gasteiger partial charge in [-0.15, -0.1) is 11.3 Å². The topological polar surface area (TPSA) is 47.6 Å². The van der Waals surface area contributed by atoms with Crippen molar-refractivity contribution >= 4 is 28.8 Å². The highest BCUT2D eigenvalue weighted by Gasteiger charge is 2.19. The van der Waals surface area contributed by atoms with Gasteiger partial charge >= 0.3 is 0 Å². The third kappa shape index (κ3) is 2.91. The van der Waals surface area contributed by atoms with E-state index in [1.807, 2.05) is 18.2 Å². The molecule has 1 aromatic carbocycles. The highest BCUT2D eigenvalue weighted by Crippen LogP contribution is 2.38. The van der Waals surface area contributed by atoms with Crippen LogP contribution in [-0.4, -0.2) is 19.1 Å². The van der Waals surface area contributed by atoms with Crippen LogP contribution >= 0.6 is 22.9 Å². The van der Waals surface area contributed by atoms with Crippen molar-refractivity contribution in [3.8, 4) is 11.5 Å². The molecule has 0 saturated carbocycles. The first-order chi connectivity index (χ1) is 11.2. The van der Waals surface area contributed by atoms with Gasteiger partial charge in [0.2, 0.25) is 0 Å². The lowest BCUT2D eigenvalue weighted by atomic mass is 10.2. The van der Waals surface area contributed by atoms with Crippen LogP contribution in [0.3, 0.4) is 0 Å². The Kier molecular flexibility index (Phi) is 3.91. The number of fused-ring (bicyclic) bond motifs is 2. The third-order valence-electron chi connectivity index (χ3n) is 4.08. The van der Waals surface area contributed by atoms with E-state index in [-0.39, 0.29) is 5.91 Å². The summed E-state index contributed by atoms with van der Waals surface area (Å²) >= 11 is 7.82. The largest absolute Gasteiger partial charge is 0.486 e. The zero-order valence-corrected chi connectivity index (χ0v) is 14.1. The highest BCUT2D eigenvalue weighted by molar-refractivity contribution is 7.14. The summed E-state index contributed by atoms with van der Waals surface area (Å²) in [6.45, 7) is 1.43. The zero-order chi connectivity index (χ0) is 15.8. The van der Waals surface area contributed by atoms with Gasteiger partial charge < -0.3 is 14.8 Å². The molecule has 2 aromatic rings. The summed E-state index contributed by atoms with van der Waals surface area (Å²) in [6, 6.07) is 5.71. The molecule has 0 fully saturated rings. The Hall–Kier alpha value is -1.72.